The molecule has 21 heavy (non-hydrogen) atoms. The summed E-state index contributed by atoms with van der Waals surface area (Å²) in [4.78, 5) is 22.3. The summed E-state index contributed by atoms with van der Waals surface area (Å²) in [7, 11) is 0. The van der Waals surface area contributed by atoms with E-state index in [0.717, 1.165) is 10.7 Å². The number of aryl methyl sites for hydroxylation is 1. The molecule has 0 unspecified atom stereocenters. The average Bonchev–Trinajstić information content (AvgIpc) is 2.86. The van der Waals surface area contributed by atoms with Crippen molar-refractivity contribution in [1.82, 2.24) is 20.3 Å². The number of hydrogen-bond donors (Lipinski definition) is 2. The smallest absolute Gasteiger partial charge is 0.325 e. The van der Waals surface area contributed by atoms with Crippen molar-refractivity contribution in [1.29, 1.82) is 0 Å². The molecule has 1 aromatic heterocycles. The van der Waals surface area contributed by atoms with Crippen molar-refractivity contribution in [3.8, 4) is 0 Å². The van der Waals surface area contributed by atoms with E-state index >= 15 is 0 Å². The molecule has 0 aliphatic carbocycles. The summed E-state index contributed by atoms with van der Waals surface area (Å²) in [5.41, 5.74) is 1.08. The number of rotatable bonds is 5. The number of hydrogen-bond acceptors (Lipinski definition) is 4. The lowest BCUT2D eigenvalue weighted by Gasteiger charge is -2.04. The lowest BCUT2D eigenvalue weighted by Crippen LogP contribution is -2.23. The van der Waals surface area contributed by atoms with Crippen LogP contribution in [0.2, 0.25) is 0 Å². The standard InChI is InChI=1S/C13H13FN4O3/c1-8-2-3-9(4-11(8)14)13(21)15-5-10-6-18(17-16-10)7-12(19)20/h2-4,6H,5,7H2,1H3,(H,15,21)(H,19,20). The second-order valence-electron chi connectivity index (χ2n) is 4.45. The first-order valence-corrected chi connectivity index (χ1v) is 6.11. The monoisotopic (exact) mass is 292 g/mol. The van der Waals surface area contributed by atoms with Crippen LogP contribution in [0.1, 0.15) is 21.6 Å². The fraction of sp³-hybridized carbons (Fsp3) is 0.231. The molecule has 0 atom stereocenters. The third-order valence-corrected chi connectivity index (χ3v) is 2.75. The summed E-state index contributed by atoms with van der Waals surface area (Å²) in [6.07, 6.45) is 1.42. The number of carbonyl (C=O) groups is 2. The SMILES string of the molecule is Cc1ccc(C(=O)NCc2cn(CC(=O)O)nn2)cc1F. The zero-order valence-corrected chi connectivity index (χ0v) is 11.2. The number of carboxylic acids is 1. The predicted molar refractivity (Wildman–Crippen MR) is 70.0 cm³/mol. The van der Waals surface area contributed by atoms with Crippen LogP contribution in [-0.4, -0.2) is 32.0 Å². The summed E-state index contributed by atoms with van der Waals surface area (Å²) < 4.78 is 14.5. The number of aromatic nitrogens is 3. The van der Waals surface area contributed by atoms with Crippen LogP contribution in [-0.2, 0) is 17.9 Å². The summed E-state index contributed by atoms with van der Waals surface area (Å²) >= 11 is 0. The van der Waals surface area contributed by atoms with E-state index in [4.69, 9.17) is 5.11 Å². The molecule has 0 radical (unpaired) electrons. The molecule has 0 bridgehead atoms. The maximum atomic E-state index is 13.4. The molecule has 2 rings (SSSR count). The molecule has 0 aliphatic heterocycles. The highest BCUT2D eigenvalue weighted by molar-refractivity contribution is 5.94. The molecule has 1 aromatic carbocycles. The fourth-order valence-corrected chi connectivity index (χ4v) is 1.64. The van der Waals surface area contributed by atoms with Gasteiger partial charge in [0.25, 0.3) is 5.91 Å². The highest BCUT2D eigenvalue weighted by Crippen LogP contribution is 2.09. The molecule has 1 amide bonds. The van der Waals surface area contributed by atoms with Gasteiger partial charge in [0.2, 0.25) is 0 Å². The highest BCUT2D eigenvalue weighted by atomic mass is 19.1. The molecule has 8 heteroatoms. The number of halogens is 1. The summed E-state index contributed by atoms with van der Waals surface area (Å²) in [5.74, 6) is -1.93. The molecule has 0 fully saturated rings. The second kappa shape index (κ2) is 6.12. The zero-order chi connectivity index (χ0) is 15.4. The predicted octanol–water partition coefficient (Wildman–Crippen LogP) is 0.740. The average molecular weight is 292 g/mol. The molecule has 2 aromatic rings. The van der Waals surface area contributed by atoms with E-state index in [1.165, 1.54) is 18.3 Å². The van der Waals surface area contributed by atoms with Crippen molar-refractivity contribution < 1.29 is 19.1 Å². The van der Waals surface area contributed by atoms with Gasteiger partial charge in [-0.15, -0.1) is 5.10 Å². The lowest BCUT2D eigenvalue weighted by atomic mass is 10.1. The van der Waals surface area contributed by atoms with Crippen LogP contribution in [0.4, 0.5) is 4.39 Å². The molecular formula is C13H13FN4O3. The molecule has 7 nitrogen and oxygen atoms in total. The van der Waals surface area contributed by atoms with Gasteiger partial charge in [0.05, 0.1) is 12.7 Å². The largest absolute Gasteiger partial charge is 0.480 e. The van der Waals surface area contributed by atoms with Crippen LogP contribution in [0, 0.1) is 12.7 Å². The van der Waals surface area contributed by atoms with Gasteiger partial charge in [0.15, 0.2) is 0 Å². The second-order valence-corrected chi connectivity index (χ2v) is 4.45. The van der Waals surface area contributed by atoms with E-state index in [1.54, 1.807) is 6.92 Å². The third kappa shape index (κ3) is 3.85. The normalized spacial score (nSPS) is 10.4. The number of aliphatic carboxylic acids is 1. The van der Waals surface area contributed by atoms with Gasteiger partial charge in [-0.3, -0.25) is 9.59 Å². The summed E-state index contributed by atoms with van der Waals surface area (Å²) in [6, 6.07) is 4.20. The zero-order valence-electron chi connectivity index (χ0n) is 11.2. The molecule has 1 heterocycles. The quantitative estimate of drug-likeness (QED) is 0.847. The first kappa shape index (κ1) is 14.6. The van der Waals surface area contributed by atoms with Crippen LogP contribution in [0.25, 0.3) is 0 Å². The topological polar surface area (TPSA) is 97.1 Å². The molecule has 0 aliphatic rings. The Labute approximate surface area is 119 Å². The molecule has 0 saturated carbocycles. The Morgan fingerprint density at radius 1 is 1.43 bits per heavy atom. The maximum Gasteiger partial charge on any atom is 0.325 e. The van der Waals surface area contributed by atoms with Crippen LogP contribution in [0.3, 0.4) is 0 Å². The number of carboxylic acid groups (broad SMARTS) is 1. The molecule has 0 saturated heterocycles. The van der Waals surface area contributed by atoms with Gasteiger partial charge in [0, 0.05) is 5.56 Å². The Balaban J connectivity index is 1.95. The molecule has 2 N–H and O–H groups in total. The van der Waals surface area contributed by atoms with E-state index in [2.05, 4.69) is 15.6 Å². The van der Waals surface area contributed by atoms with E-state index in [1.807, 2.05) is 0 Å². The van der Waals surface area contributed by atoms with Crippen molar-refractivity contribution in [2.24, 2.45) is 0 Å². The van der Waals surface area contributed by atoms with Crippen LogP contribution >= 0.6 is 0 Å². The Morgan fingerprint density at radius 3 is 2.86 bits per heavy atom. The van der Waals surface area contributed by atoms with Gasteiger partial charge in [-0.25, -0.2) is 9.07 Å². The number of amides is 1. The third-order valence-electron chi connectivity index (χ3n) is 2.75. The Bertz CT molecular complexity index is 684. The van der Waals surface area contributed by atoms with E-state index in [9.17, 15) is 14.0 Å². The van der Waals surface area contributed by atoms with Crippen molar-refractivity contribution in [2.45, 2.75) is 20.0 Å². The molecular weight excluding hydrogens is 279 g/mol. The molecule has 0 spiro atoms. The van der Waals surface area contributed by atoms with Crippen LogP contribution < -0.4 is 5.32 Å². The number of benzene rings is 1. The van der Waals surface area contributed by atoms with Gasteiger partial charge in [-0.2, -0.15) is 0 Å². The van der Waals surface area contributed by atoms with Crippen molar-refractivity contribution in [2.75, 3.05) is 0 Å². The fourth-order valence-electron chi connectivity index (χ4n) is 1.64. The van der Waals surface area contributed by atoms with Crippen LogP contribution in [0.15, 0.2) is 24.4 Å². The van der Waals surface area contributed by atoms with Crippen LogP contribution in [0.5, 0.6) is 0 Å². The minimum Gasteiger partial charge on any atom is -0.480 e. The Morgan fingerprint density at radius 2 is 2.19 bits per heavy atom. The first-order valence-electron chi connectivity index (χ1n) is 6.11. The summed E-state index contributed by atoms with van der Waals surface area (Å²) in [6.45, 7) is 1.38. The van der Waals surface area contributed by atoms with Gasteiger partial charge >= 0.3 is 5.97 Å². The van der Waals surface area contributed by atoms with Gasteiger partial charge < -0.3 is 10.4 Å². The van der Waals surface area contributed by atoms with E-state index in [0.29, 0.717) is 11.3 Å². The van der Waals surface area contributed by atoms with Crippen molar-refractivity contribution in [3.63, 3.8) is 0 Å². The van der Waals surface area contributed by atoms with E-state index in [-0.39, 0.29) is 18.7 Å². The summed E-state index contributed by atoms with van der Waals surface area (Å²) in [5, 5.41) is 18.5. The van der Waals surface area contributed by atoms with Crippen molar-refractivity contribution >= 4 is 11.9 Å². The Hall–Kier alpha value is -2.77. The van der Waals surface area contributed by atoms with Gasteiger partial charge in [-0.1, -0.05) is 11.3 Å². The number of nitrogens with one attached hydrogen (secondary N) is 1. The van der Waals surface area contributed by atoms with Crippen molar-refractivity contribution in [3.05, 3.63) is 47.0 Å². The number of carbonyl (C=O) groups excluding carboxylic acids is 1. The lowest BCUT2D eigenvalue weighted by molar-refractivity contribution is -0.137. The van der Waals surface area contributed by atoms with Gasteiger partial charge in [-0.05, 0) is 24.6 Å². The minimum atomic E-state index is -1.04. The first-order chi connectivity index (χ1) is 9.95. The van der Waals surface area contributed by atoms with E-state index < -0.39 is 17.7 Å². The highest BCUT2D eigenvalue weighted by Gasteiger charge is 2.09. The number of nitrogens with zero attached hydrogens (tertiary/aromatic N) is 3. The molecule has 110 valence electrons. The maximum absolute atomic E-state index is 13.4. The Kier molecular flexibility index (Phi) is 4.27. The minimum absolute atomic E-state index is 0.0773. The van der Waals surface area contributed by atoms with Gasteiger partial charge in [0.1, 0.15) is 18.1 Å².